The predicted molar refractivity (Wildman–Crippen MR) is 182 cm³/mol. The summed E-state index contributed by atoms with van der Waals surface area (Å²) < 4.78 is 7.56. The summed E-state index contributed by atoms with van der Waals surface area (Å²) in [6.45, 7) is 11.2. The Kier molecular flexibility index (Phi) is 9.75. The number of aryl methyl sites for hydroxylation is 2. The normalized spacial score (nSPS) is 20.0. The second-order valence-electron chi connectivity index (χ2n) is 13.2. The van der Waals surface area contributed by atoms with Gasteiger partial charge in [-0.1, -0.05) is 35.4 Å². The summed E-state index contributed by atoms with van der Waals surface area (Å²) in [5, 5.41) is 5.01. The van der Waals surface area contributed by atoms with Crippen molar-refractivity contribution in [1.82, 2.24) is 24.5 Å². The molecule has 2 atom stereocenters. The van der Waals surface area contributed by atoms with Crippen molar-refractivity contribution in [2.75, 3.05) is 63.0 Å². The maximum atomic E-state index is 13.5. The molecule has 0 saturated carbocycles. The highest BCUT2D eigenvalue weighted by Crippen LogP contribution is 2.33. The molecular weight excluding hydrogens is 618 g/mol. The highest BCUT2D eigenvalue weighted by atomic mass is 35.5. The summed E-state index contributed by atoms with van der Waals surface area (Å²) in [6.07, 6.45) is 2.99. The van der Waals surface area contributed by atoms with Crippen molar-refractivity contribution in [3.8, 4) is 5.69 Å². The Hall–Kier alpha value is -4.09. The van der Waals surface area contributed by atoms with Crippen LogP contribution < -0.4 is 10.6 Å². The van der Waals surface area contributed by atoms with Crippen LogP contribution in [0.25, 0.3) is 5.69 Å². The molecule has 12 heteroatoms. The first kappa shape index (κ1) is 32.8. The van der Waals surface area contributed by atoms with E-state index in [-0.39, 0.29) is 24.0 Å². The largest absolute Gasteiger partial charge is 0.446 e. The smallest absolute Gasteiger partial charge is 0.414 e. The molecule has 11 nitrogen and oxygen atoms in total. The Labute approximate surface area is 281 Å². The Balaban J connectivity index is 1.02. The molecule has 3 saturated heterocycles. The summed E-state index contributed by atoms with van der Waals surface area (Å²) in [5.41, 5.74) is 10.5. The first-order valence-corrected chi connectivity index (χ1v) is 16.9. The number of hydrogen-bond acceptors (Lipinski definition) is 7. The number of hydrogen-bond donors (Lipinski definition) is 1. The van der Waals surface area contributed by atoms with Gasteiger partial charge in [-0.3, -0.25) is 14.5 Å². The third-order valence-corrected chi connectivity index (χ3v) is 10.3. The predicted octanol–water partition coefficient (Wildman–Crippen LogP) is 4.77. The topological polar surface area (TPSA) is 117 Å². The summed E-state index contributed by atoms with van der Waals surface area (Å²) in [6, 6.07) is 13.5. The van der Waals surface area contributed by atoms with Gasteiger partial charge in [0.25, 0.3) is 5.91 Å². The van der Waals surface area contributed by atoms with Crippen LogP contribution in [0.1, 0.15) is 47.7 Å². The van der Waals surface area contributed by atoms with E-state index in [1.165, 1.54) is 0 Å². The minimum absolute atomic E-state index is 0.0478. The quantitative estimate of drug-likeness (QED) is 0.370. The van der Waals surface area contributed by atoms with Crippen LogP contribution in [-0.2, 0) is 9.53 Å². The van der Waals surface area contributed by atoms with E-state index < -0.39 is 0 Å². The zero-order valence-electron chi connectivity index (χ0n) is 27.4. The fourth-order valence-electron chi connectivity index (χ4n) is 7.05. The number of carbonyl (C=O) groups excluding carboxylic acids is 3. The lowest BCUT2D eigenvalue weighted by Gasteiger charge is -2.32. The van der Waals surface area contributed by atoms with Gasteiger partial charge in [-0.15, -0.1) is 0 Å². The van der Waals surface area contributed by atoms with Gasteiger partial charge < -0.3 is 25.2 Å². The third-order valence-electron chi connectivity index (χ3n) is 9.86. The number of nitrogen functional groups attached to an aromatic ring is 1. The monoisotopic (exact) mass is 661 g/mol. The van der Waals surface area contributed by atoms with E-state index in [0.29, 0.717) is 79.5 Å². The van der Waals surface area contributed by atoms with Crippen molar-refractivity contribution in [3.63, 3.8) is 0 Å². The number of likely N-dealkylation sites (tertiary alicyclic amines) is 3. The number of nitrogens with zero attached hydrogens (tertiary/aromatic N) is 6. The number of anilines is 2. The SMILES string of the molecule is CC(=O)N1CCC(OC(=O)N(CCCN2CC3CN(C(=O)c4cnn(-c5ccc(C)cc5)c4N)CC3C2)c2ccc(C)c(Cl)c2)CC1. The number of ether oxygens (including phenoxy) is 1. The average molecular weight is 662 g/mol. The van der Waals surface area contributed by atoms with E-state index in [2.05, 4.69) is 10.00 Å². The van der Waals surface area contributed by atoms with E-state index >= 15 is 0 Å². The molecule has 4 heterocycles. The van der Waals surface area contributed by atoms with Gasteiger partial charge in [0.2, 0.25) is 5.91 Å². The molecule has 0 spiro atoms. The van der Waals surface area contributed by atoms with Crippen molar-refractivity contribution in [2.45, 2.75) is 46.1 Å². The molecule has 1 aromatic heterocycles. The second kappa shape index (κ2) is 13.9. The highest BCUT2D eigenvalue weighted by molar-refractivity contribution is 6.31. The maximum Gasteiger partial charge on any atom is 0.414 e. The molecule has 3 aliphatic heterocycles. The molecule has 0 radical (unpaired) electrons. The van der Waals surface area contributed by atoms with Crippen LogP contribution in [0, 0.1) is 25.7 Å². The van der Waals surface area contributed by atoms with E-state index in [1.54, 1.807) is 27.6 Å². The Morgan fingerprint density at radius 2 is 1.66 bits per heavy atom. The number of nitrogens with two attached hydrogens (primary N) is 1. The lowest BCUT2D eigenvalue weighted by atomic mass is 10.0. The summed E-state index contributed by atoms with van der Waals surface area (Å²) in [4.78, 5) is 46.5. The van der Waals surface area contributed by atoms with Crippen LogP contribution in [0.2, 0.25) is 5.02 Å². The van der Waals surface area contributed by atoms with Gasteiger partial charge >= 0.3 is 6.09 Å². The number of amides is 3. The van der Waals surface area contributed by atoms with Crippen molar-refractivity contribution >= 4 is 41.0 Å². The Morgan fingerprint density at radius 3 is 2.30 bits per heavy atom. The van der Waals surface area contributed by atoms with Crippen molar-refractivity contribution in [2.24, 2.45) is 11.8 Å². The van der Waals surface area contributed by atoms with Gasteiger partial charge in [0.05, 0.1) is 11.9 Å². The molecule has 2 aromatic carbocycles. The molecule has 3 aliphatic rings. The van der Waals surface area contributed by atoms with Crippen molar-refractivity contribution in [3.05, 3.63) is 70.4 Å². The third kappa shape index (κ3) is 7.26. The fourth-order valence-corrected chi connectivity index (χ4v) is 7.22. The number of fused-ring (bicyclic) bond motifs is 1. The number of aromatic nitrogens is 2. The van der Waals surface area contributed by atoms with Crippen molar-refractivity contribution in [1.29, 1.82) is 0 Å². The van der Waals surface area contributed by atoms with E-state index in [0.717, 1.165) is 42.9 Å². The average Bonchev–Trinajstić information content (AvgIpc) is 3.74. The standard InChI is InChI=1S/C35H44ClN7O4/c1-23-5-8-28(9-6-23)43-33(37)31(18-38-43)34(45)41-21-26-19-39(20-27(26)22-41)13-4-14-42(29-10-7-24(2)32(36)17-29)35(46)47-30-11-15-40(16-12-30)25(3)44/h5-10,17-18,26-27,30H,4,11-16,19-22,37H2,1-3H3. The fraction of sp³-hybridized carbons (Fsp3) is 0.486. The molecule has 2 N–H and O–H groups in total. The number of benzene rings is 2. The summed E-state index contributed by atoms with van der Waals surface area (Å²) in [7, 11) is 0. The molecule has 3 fully saturated rings. The molecule has 6 rings (SSSR count). The Bertz CT molecular complexity index is 1600. The lowest BCUT2D eigenvalue weighted by molar-refractivity contribution is -0.130. The number of piperidine rings is 1. The van der Waals surface area contributed by atoms with Gasteiger partial charge in [-0.2, -0.15) is 5.10 Å². The maximum absolute atomic E-state index is 13.5. The van der Waals surface area contributed by atoms with Gasteiger partial charge in [0.15, 0.2) is 0 Å². The molecule has 2 unspecified atom stereocenters. The molecule has 0 bridgehead atoms. The molecule has 250 valence electrons. The molecule has 47 heavy (non-hydrogen) atoms. The van der Waals surface area contributed by atoms with E-state index in [9.17, 15) is 14.4 Å². The number of carbonyl (C=O) groups is 3. The van der Waals surface area contributed by atoms with Gasteiger partial charge in [0, 0.05) is 76.3 Å². The van der Waals surface area contributed by atoms with Crippen LogP contribution in [-0.4, -0.2) is 101 Å². The molecule has 3 amide bonds. The van der Waals surface area contributed by atoms with Crippen molar-refractivity contribution < 1.29 is 19.1 Å². The zero-order chi connectivity index (χ0) is 33.2. The summed E-state index contributed by atoms with van der Waals surface area (Å²) in [5.74, 6) is 1.12. The molecule has 0 aliphatic carbocycles. The van der Waals surface area contributed by atoms with Crippen LogP contribution in [0.5, 0.6) is 0 Å². The van der Waals surface area contributed by atoms with E-state index in [1.807, 2.05) is 61.2 Å². The van der Waals surface area contributed by atoms with E-state index in [4.69, 9.17) is 22.1 Å². The zero-order valence-corrected chi connectivity index (χ0v) is 28.2. The second-order valence-corrected chi connectivity index (χ2v) is 13.6. The molecule has 3 aromatic rings. The minimum Gasteiger partial charge on any atom is -0.446 e. The van der Waals surface area contributed by atoms with Crippen LogP contribution in [0.4, 0.5) is 16.3 Å². The first-order chi connectivity index (χ1) is 22.6. The first-order valence-electron chi connectivity index (χ1n) is 16.5. The van der Waals surface area contributed by atoms with Crippen LogP contribution >= 0.6 is 11.6 Å². The van der Waals surface area contributed by atoms with Gasteiger partial charge in [-0.25, -0.2) is 9.48 Å². The number of halogens is 1. The number of rotatable bonds is 8. The summed E-state index contributed by atoms with van der Waals surface area (Å²) >= 11 is 6.44. The lowest BCUT2D eigenvalue weighted by Crippen LogP contribution is -2.43. The van der Waals surface area contributed by atoms with Crippen LogP contribution in [0.3, 0.4) is 0 Å². The molecular formula is C35H44ClN7O4. The minimum atomic E-state index is -0.386. The van der Waals surface area contributed by atoms with Gasteiger partial charge in [0.1, 0.15) is 17.5 Å². The highest BCUT2D eigenvalue weighted by Gasteiger charge is 2.42. The van der Waals surface area contributed by atoms with Crippen LogP contribution in [0.15, 0.2) is 48.7 Å². The Morgan fingerprint density at radius 1 is 0.979 bits per heavy atom. The van der Waals surface area contributed by atoms with Gasteiger partial charge in [-0.05, 0) is 68.5 Å².